The van der Waals surface area contributed by atoms with E-state index in [1.54, 1.807) is 25.4 Å². The van der Waals surface area contributed by atoms with E-state index < -0.39 is 0 Å². The summed E-state index contributed by atoms with van der Waals surface area (Å²) in [6.45, 7) is 2.54. The van der Waals surface area contributed by atoms with Crippen molar-refractivity contribution in [2.45, 2.75) is 31.0 Å². The third-order valence-corrected chi connectivity index (χ3v) is 5.40. The van der Waals surface area contributed by atoms with Gasteiger partial charge in [0.1, 0.15) is 17.4 Å². The van der Waals surface area contributed by atoms with E-state index in [1.165, 1.54) is 6.07 Å². The lowest BCUT2D eigenvalue weighted by molar-refractivity contribution is -0.0567. The normalized spacial score (nSPS) is 26.0. The van der Waals surface area contributed by atoms with Crippen molar-refractivity contribution >= 4 is 0 Å². The Labute approximate surface area is 152 Å². The van der Waals surface area contributed by atoms with Gasteiger partial charge in [0.2, 0.25) is 0 Å². The summed E-state index contributed by atoms with van der Waals surface area (Å²) in [5, 5.41) is 9.14. The average molecular weight is 361 g/mol. The Morgan fingerprint density at radius 3 is 3.04 bits per heavy atom. The van der Waals surface area contributed by atoms with Crippen LogP contribution < -0.4 is 4.74 Å². The van der Waals surface area contributed by atoms with Crippen LogP contribution in [-0.2, 0) is 4.74 Å². The molecule has 0 aliphatic carbocycles. The first-order chi connectivity index (χ1) is 12.7. The molecule has 26 heavy (non-hydrogen) atoms. The molecule has 0 saturated carbocycles. The molecule has 0 radical (unpaired) electrons. The molecular weight excluding hydrogens is 337 g/mol. The minimum absolute atomic E-state index is 0.0908. The Morgan fingerprint density at radius 2 is 2.23 bits per heavy atom. The van der Waals surface area contributed by atoms with Crippen LogP contribution in [0.1, 0.15) is 18.9 Å². The van der Waals surface area contributed by atoms with Gasteiger partial charge in [-0.15, -0.1) is 0 Å². The molecule has 2 fully saturated rings. The quantitative estimate of drug-likeness (QED) is 0.884. The van der Waals surface area contributed by atoms with E-state index in [2.05, 4.69) is 14.5 Å². The van der Waals surface area contributed by atoms with Crippen molar-refractivity contribution in [1.29, 1.82) is 0 Å². The number of morpholine rings is 1. The van der Waals surface area contributed by atoms with Crippen LogP contribution in [0.4, 0.5) is 4.39 Å². The molecule has 0 bridgehead atoms. The Morgan fingerprint density at radius 1 is 1.35 bits per heavy atom. The number of methoxy groups -OCH3 is 1. The lowest BCUT2D eigenvalue weighted by Crippen LogP contribution is -2.46. The Bertz CT molecular complexity index is 766. The van der Waals surface area contributed by atoms with Gasteiger partial charge in [0.15, 0.2) is 0 Å². The number of rotatable bonds is 5. The van der Waals surface area contributed by atoms with Gasteiger partial charge in [-0.3, -0.25) is 4.90 Å². The zero-order valence-corrected chi connectivity index (χ0v) is 14.8. The number of benzene rings is 1. The largest absolute Gasteiger partial charge is 0.497 e. The van der Waals surface area contributed by atoms with Crippen molar-refractivity contribution in [3.8, 4) is 17.1 Å². The maximum atomic E-state index is 14.4. The first-order valence-electron chi connectivity index (χ1n) is 9.03. The third-order valence-electron chi connectivity index (χ3n) is 5.40. The molecule has 140 valence electrons. The van der Waals surface area contributed by atoms with Crippen LogP contribution in [0.2, 0.25) is 0 Å². The number of imidazole rings is 1. The SMILES string of the molecule is COc1ccc(F)c(-c2nccn2[C@@H]2C[C@H]3CO[C@@H](CCO)CN3C2)c1. The van der Waals surface area contributed by atoms with E-state index in [0.29, 0.717) is 36.2 Å². The van der Waals surface area contributed by atoms with Crippen molar-refractivity contribution in [1.82, 2.24) is 14.5 Å². The van der Waals surface area contributed by atoms with Crippen LogP contribution in [0.25, 0.3) is 11.4 Å². The van der Waals surface area contributed by atoms with Gasteiger partial charge in [0.05, 0.1) is 25.4 Å². The highest BCUT2D eigenvalue weighted by Crippen LogP contribution is 2.35. The second kappa shape index (κ2) is 7.34. The summed E-state index contributed by atoms with van der Waals surface area (Å²) < 4.78 is 27.6. The first kappa shape index (κ1) is 17.5. The van der Waals surface area contributed by atoms with Crippen molar-refractivity contribution in [3.63, 3.8) is 0 Å². The van der Waals surface area contributed by atoms with Crippen molar-refractivity contribution in [2.75, 3.05) is 33.4 Å². The van der Waals surface area contributed by atoms with E-state index in [4.69, 9.17) is 14.6 Å². The van der Waals surface area contributed by atoms with E-state index >= 15 is 0 Å². The predicted octanol–water partition coefficient (Wildman–Crippen LogP) is 2.09. The summed E-state index contributed by atoms with van der Waals surface area (Å²) >= 11 is 0. The number of halogens is 1. The van der Waals surface area contributed by atoms with Crippen molar-refractivity contribution < 1.29 is 19.0 Å². The number of aliphatic hydroxyl groups is 1. The predicted molar refractivity (Wildman–Crippen MR) is 94.6 cm³/mol. The molecule has 3 atom stereocenters. The van der Waals surface area contributed by atoms with Gasteiger partial charge >= 0.3 is 0 Å². The van der Waals surface area contributed by atoms with Gasteiger partial charge in [0, 0.05) is 44.2 Å². The Hall–Kier alpha value is -1.96. The number of fused-ring (bicyclic) bond motifs is 1. The fourth-order valence-electron chi connectivity index (χ4n) is 4.06. The van der Waals surface area contributed by atoms with Crippen LogP contribution in [0.5, 0.6) is 5.75 Å². The highest BCUT2D eigenvalue weighted by molar-refractivity contribution is 5.59. The number of ether oxygens (including phenoxy) is 2. The summed E-state index contributed by atoms with van der Waals surface area (Å²) in [5.74, 6) is 0.930. The molecule has 0 spiro atoms. The number of nitrogens with zero attached hydrogens (tertiary/aromatic N) is 3. The molecular formula is C19H24FN3O3. The van der Waals surface area contributed by atoms with Gasteiger partial charge in [-0.2, -0.15) is 0 Å². The molecule has 2 aliphatic heterocycles. The summed E-state index contributed by atoms with van der Waals surface area (Å²) in [4.78, 5) is 6.83. The molecule has 2 aliphatic rings. The van der Waals surface area contributed by atoms with Crippen LogP contribution in [0.3, 0.4) is 0 Å². The molecule has 1 N–H and O–H groups in total. The van der Waals surface area contributed by atoms with Gasteiger partial charge < -0.3 is 19.1 Å². The van der Waals surface area contributed by atoms with Crippen LogP contribution in [0.15, 0.2) is 30.6 Å². The molecule has 0 amide bonds. The molecule has 3 heterocycles. The smallest absolute Gasteiger partial charge is 0.143 e. The average Bonchev–Trinajstić information content (AvgIpc) is 3.28. The molecule has 7 heteroatoms. The zero-order valence-electron chi connectivity index (χ0n) is 14.8. The molecule has 4 rings (SSSR count). The standard InChI is InChI=1S/C19H24FN3O3/c1-25-15-2-3-18(20)17(9-15)19-21-5-6-23(19)13-8-14-12-26-16(4-7-24)11-22(14)10-13/h2-3,5-6,9,13-14,16,24H,4,7-8,10-12H2,1H3/t13-,14+,16+/m1/s1. The monoisotopic (exact) mass is 361 g/mol. The number of hydrogen-bond acceptors (Lipinski definition) is 5. The van der Waals surface area contributed by atoms with Crippen molar-refractivity contribution in [3.05, 3.63) is 36.4 Å². The number of hydrogen-bond donors (Lipinski definition) is 1. The molecule has 2 saturated heterocycles. The first-order valence-corrected chi connectivity index (χ1v) is 9.03. The lowest BCUT2D eigenvalue weighted by Gasteiger charge is -2.34. The molecule has 0 unspecified atom stereocenters. The number of aliphatic hydroxyl groups excluding tert-OH is 1. The minimum Gasteiger partial charge on any atom is -0.497 e. The molecule has 2 aromatic rings. The summed E-state index contributed by atoms with van der Waals surface area (Å²) in [6, 6.07) is 5.30. The lowest BCUT2D eigenvalue weighted by atomic mass is 10.1. The van der Waals surface area contributed by atoms with Gasteiger partial charge in [-0.05, 0) is 31.0 Å². The second-order valence-electron chi connectivity index (χ2n) is 6.97. The van der Waals surface area contributed by atoms with Crippen LogP contribution in [-0.4, -0.2) is 65.1 Å². The van der Waals surface area contributed by atoms with E-state index in [9.17, 15) is 4.39 Å². The summed E-state index contributed by atoms with van der Waals surface area (Å²) in [6.07, 6.45) is 5.34. The molecule has 1 aromatic carbocycles. The summed E-state index contributed by atoms with van der Waals surface area (Å²) in [5.41, 5.74) is 0.452. The third kappa shape index (κ3) is 3.22. The highest BCUT2D eigenvalue weighted by Gasteiger charge is 2.38. The van der Waals surface area contributed by atoms with E-state index in [0.717, 1.165) is 19.5 Å². The Kier molecular flexibility index (Phi) is 4.93. The van der Waals surface area contributed by atoms with E-state index in [1.807, 2.05) is 6.20 Å². The molecule has 1 aromatic heterocycles. The topological polar surface area (TPSA) is 59.8 Å². The Balaban J connectivity index is 1.57. The fraction of sp³-hybridized carbons (Fsp3) is 0.526. The summed E-state index contributed by atoms with van der Waals surface area (Å²) in [7, 11) is 1.57. The van der Waals surface area contributed by atoms with Gasteiger partial charge in [-0.1, -0.05) is 0 Å². The zero-order chi connectivity index (χ0) is 18.1. The maximum Gasteiger partial charge on any atom is 0.143 e. The minimum atomic E-state index is -0.305. The molecule has 6 nitrogen and oxygen atoms in total. The van der Waals surface area contributed by atoms with Gasteiger partial charge in [0.25, 0.3) is 0 Å². The highest BCUT2D eigenvalue weighted by atomic mass is 19.1. The maximum absolute atomic E-state index is 14.4. The van der Waals surface area contributed by atoms with Gasteiger partial charge in [-0.25, -0.2) is 9.37 Å². The van der Waals surface area contributed by atoms with Crippen LogP contribution in [0, 0.1) is 5.82 Å². The van der Waals surface area contributed by atoms with E-state index in [-0.39, 0.29) is 24.6 Å². The number of aromatic nitrogens is 2. The van der Waals surface area contributed by atoms with Crippen molar-refractivity contribution in [2.24, 2.45) is 0 Å². The van der Waals surface area contributed by atoms with Crippen LogP contribution >= 0.6 is 0 Å². The second-order valence-corrected chi connectivity index (χ2v) is 6.97. The fourth-order valence-corrected chi connectivity index (χ4v) is 4.06.